The summed E-state index contributed by atoms with van der Waals surface area (Å²) in [6.07, 6.45) is 6.46. The molecule has 1 aliphatic carbocycles. The Kier molecular flexibility index (Phi) is 10.3. The number of rotatable bonds is 8. The van der Waals surface area contributed by atoms with Gasteiger partial charge in [0.05, 0.1) is 17.1 Å². The van der Waals surface area contributed by atoms with Gasteiger partial charge in [0.1, 0.15) is 0 Å². The fraction of sp³-hybridized carbons (Fsp3) is 0.167. The molecule has 298 valence electrons. The smallest absolute Gasteiger partial charge is 0.0540 e. The van der Waals surface area contributed by atoms with Crippen LogP contribution in [0, 0.1) is 0 Å². The van der Waals surface area contributed by atoms with Crippen LogP contribution in [0.4, 0.5) is 17.1 Å². The lowest BCUT2D eigenvalue weighted by Crippen LogP contribution is -2.14. The molecule has 1 nitrogen and oxygen atoms in total. The zero-order valence-corrected chi connectivity index (χ0v) is 35.6. The Bertz CT molecular complexity index is 2970. The highest BCUT2D eigenvalue weighted by molar-refractivity contribution is 6.10. The average molecular weight is 788 g/mol. The molecule has 0 heterocycles. The summed E-state index contributed by atoms with van der Waals surface area (Å²) < 4.78 is 0. The molecular formula is C60H53N. The first-order valence-corrected chi connectivity index (χ1v) is 22.2. The SMILES string of the molecule is CC(C)(C)c1ccc(-c2ccccc2N(c2ccccc2-c2cccc3cccc(-c4ccccc4)c23)c2ccccc2-c2cccc3cccc(C4CCCCC4)c23)cc1. The zero-order chi connectivity index (χ0) is 41.3. The van der Waals surface area contributed by atoms with Crippen molar-refractivity contribution in [2.24, 2.45) is 0 Å². The second-order valence-electron chi connectivity index (χ2n) is 17.9. The minimum absolute atomic E-state index is 0.0635. The molecule has 10 rings (SSSR count). The Morgan fingerprint density at radius 2 is 0.803 bits per heavy atom. The average Bonchev–Trinajstić information content (AvgIpc) is 3.32. The third-order valence-electron chi connectivity index (χ3n) is 13.0. The molecule has 1 fully saturated rings. The molecule has 61 heavy (non-hydrogen) atoms. The number of fused-ring (bicyclic) bond motifs is 2. The van der Waals surface area contributed by atoms with Crippen molar-refractivity contribution in [2.45, 2.75) is 64.2 Å². The second-order valence-corrected chi connectivity index (χ2v) is 17.9. The molecule has 9 aromatic carbocycles. The molecule has 1 aliphatic rings. The molecule has 0 bridgehead atoms. The number of para-hydroxylation sites is 3. The Morgan fingerprint density at radius 3 is 1.39 bits per heavy atom. The summed E-state index contributed by atoms with van der Waals surface area (Å²) in [6.45, 7) is 6.86. The lowest BCUT2D eigenvalue weighted by molar-refractivity contribution is 0.445. The van der Waals surface area contributed by atoms with Crippen LogP contribution in [-0.2, 0) is 5.41 Å². The van der Waals surface area contributed by atoms with Crippen LogP contribution in [0.3, 0.4) is 0 Å². The van der Waals surface area contributed by atoms with E-state index in [4.69, 9.17) is 0 Å². The van der Waals surface area contributed by atoms with Gasteiger partial charge < -0.3 is 4.90 Å². The Hall–Kier alpha value is -6.70. The van der Waals surface area contributed by atoms with Crippen LogP contribution in [0.1, 0.15) is 69.9 Å². The van der Waals surface area contributed by atoms with Crippen LogP contribution in [0.25, 0.3) is 66.1 Å². The highest BCUT2D eigenvalue weighted by Gasteiger charge is 2.26. The van der Waals surface area contributed by atoms with E-state index in [-0.39, 0.29) is 5.41 Å². The van der Waals surface area contributed by atoms with Gasteiger partial charge in [-0.05, 0) is 103 Å². The van der Waals surface area contributed by atoms with E-state index in [1.165, 1.54) is 109 Å². The van der Waals surface area contributed by atoms with E-state index < -0.39 is 0 Å². The summed E-state index contributed by atoms with van der Waals surface area (Å²) in [5, 5.41) is 5.19. The minimum atomic E-state index is 0.0635. The van der Waals surface area contributed by atoms with Crippen molar-refractivity contribution in [2.75, 3.05) is 4.90 Å². The highest BCUT2D eigenvalue weighted by Crippen LogP contribution is 2.51. The summed E-state index contributed by atoms with van der Waals surface area (Å²) in [6, 6.07) is 74.7. The van der Waals surface area contributed by atoms with Gasteiger partial charge in [0, 0.05) is 16.7 Å². The fourth-order valence-corrected chi connectivity index (χ4v) is 10.0. The summed E-state index contributed by atoms with van der Waals surface area (Å²) in [5.74, 6) is 0.574. The van der Waals surface area contributed by atoms with Gasteiger partial charge in [-0.1, -0.05) is 222 Å². The van der Waals surface area contributed by atoms with E-state index in [1.807, 2.05) is 0 Å². The standard InChI is InChI=1S/C60H53N/c1-60(2,3)47-40-38-44(39-41-47)48-28-10-13-35-55(48)61(56-36-14-11-29-51(56)53-33-18-26-45-24-16-31-49(58(45)53)42-20-6-4-7-21-42)57-37-15-12-30-52(57)54-34-19-27-46-25-17-32-50(59(46)54)43-22-8-5-9-23-43/h4,6-7,10-21,24-41,43H,5,8-9,22-23H2,1-3H3. The molecule has 0 saturated heterocycles. The van der Waals surface area contributed by atoms with Gasteiger partial charge in [-0.2, -0.15) is 0 Å². The first-order valence-electron chi connectivity index (χ1n) is 22.2. The van der Waals surface area contributed by atoms with Crippen LogP contribution >= 0.6 is 0 Å². The maximum Gasteiger partial charge on any atom is 0.0540 e. The summed E-state index contributed by atoms with van der Waals surface area (Å²) >= 11 is 0. The summed E-state index contributed by atoms with van der Waals surface area (Å²) in [7, 11) is 0. The molecule has 0 unspecified atom stereocenters. The number of benzene rings is 9. The molecule has 0 amide bonds. The van der Waals surface area contributed by atoms with E-state index in [9.17, 15) is 0 Å². The quantitative estimate of drug-likeness (QED) is 0.148. The molecule has 9 aromatic rings. The number of anilines is 3. The Labute approximate surface area is 362 Å². The molecule has 0 radical (unpaired) electrons. The first-order chi connectivity index (χ1) is 29.9. The maximum absolute atomic E-state index is 2.56. The Balaban J connectivity index is 1.26. The van der Waals surface area contributed by atoms with E-state index >= 15 is 0 Å². The Morgan fingerprint density at radius 1 is 0.361 bits per heavy atom. The zero-order valence-electron chi connectivity index (χ0n) is 35.6. The topological polar surface area (TPSA) is 3.24 Å². The van der Waals surface area contributed by atoms with E-state index in [2.05, 4.69) is 226 Å². The van der Waals surface area contributed by atoms with E-state index in [1.54, 1.807) is 0 Å². The normalized spacial score (nSPS) is 13.4. The third-order valence-corrected chi connectivity index (χ3v) is 13.0. The van der Waals surface area contributed by atoms with Gasteiger partial charge in [0.25, 0.3) is 0 Å². The van der Waals surface area contributed by atoms with Gasteiger partial charge in [-0.15, -0.1) is 0 Å². The van der Waals surface area contributed by atoms with Crippen molar-refractivity contribution in [3.8, 4) is 44.5 Å². The molecule has 0 N–H and O–H groups in total. The van der Waals surface area contributed by atoms with E-state index in [0.717, 1.165) is 17.1 Å². The molecular weight excluding hydrogens is 735 g/mol. The van der Waals surface area contributed by atoms with Gasteiger partial charge >= 0.3 is 0 Å². The van der Waals surface area contributed by atoms with Crippen molar-refractivity contribution >= 4 is 38.6 Å². The van der Waals surface area contributed by atoms with Crippen molar-refractivity contribution in [3.05, 3.63) is 211 Å². The van der Waals surface area contributed by atoms with Crippen LogP contribution in [0.2, 0.25) is 0 Å². The molecule has 1 saturated carbocycles. The largest absolute Gasteiger partial charge is 0.309 e. The number of hydrogen-bond acceptors (Lipinski definition) is 1. The van der Waals surface area contributed by atoms with Gasteiger partial charge in [-0.25, -0.2) is 0 Å². The van der Waals surface area contributed by atoms with Crippen molar-refractivity contribution < 1.29 is 0 Å². The van der Waals surface area contributed by atoms with E-state index in [0.29, 0.717) is 5.92 Å². The van der Waals surface area contributed by atoms with Crippen molar-refractivity contribution in [3.63, 3.8) is 0 Å². The third kappa shape index (κ3) is 7.33. The van der Waals surface area contributed by atoms with Crippen molar-refractivity contribution in [1.29, 1.82) is 0 Å². The second kappa shape index (κ2) is 16.4. The minimum Gasteiger partial charge on any atom is -0.309 e. The van der Waals surface area contributed by atoms with Gasteiger partial charge in [0.2, 0.25) is 0 Å². The molecule has 0 aliphatic heterocycles. The molecule has 0 aromatic heterocycles. The highest BCUT2D eigenvalue weighted by atomic mass is 15.1. The summed E-state index contributed by atoms with van der Waals surface area (Å²) in [5.41, 5.74) is 16.1. The van der Waals surface area contributed by atoms with Crippen LogP contribution < -0.4 is 4.90 Å². The molecule has 0 spiro atoms. The van der Waals surface area contributed by atoms with Crippen LogP contribution in [0.5, 0.6) is 0 Å². The lowest BCUT2D eigenvalue weighted by atomic mass is 9.80. The van der Waals surface area contributed by atoms with Crippen molar-refractivity contribution in [1.82, 2.24) is 0 Å². The predicted octanol–water partition coefficient (Wildman–Crippen LogP) is 17.5. The number of nitrogens with zero attached hydrogens (tertiary/aromatic N) is 1. The lowest BCUT2D eigenvalue weighted by Gasteiger charge is -2.32. The summed E-state index contributed by atoms with van der Waals surface area (Å²) in [4.78, 5) is 2.56. The van der Waals surface area contributed by atoms with Crippen LogP contribution in [0.15, 0.2) is 200 Å². The van der Waals surface area contributed by atoms with Gasteiger partial charge in [-0.3, -0.25) is 0 Å². The maximum atomic E-state index is 2.56. The number of hydrogen-bond donors (Lipinski definition) is 0. The molecule has 1 heteroatoms. The van der Waals surface area contributed by atoms with Crippen LogP contribution in [-0.4, -0.2) is 0 Å². The molecule has 0 atom stereocenters. The predicted molar refractivity (Wildman–Crippen MR) is 262 cm³/mol. The fourth-order valence-electron chi connectivity index (χ4n) is 10.0. The monoisotopic (exact) mass is 787 g/mol. The van der Waals surface area contributed by atoms with Gasteiger partial charge in [0.15, 0.2) is 0 Å². The first kappa shape index (κ1) is 38.5.